The van der Waals surface area contributed by atoms with Crippen molar-refractivity contribution in [3.8, 4) is 5.75 Å². The molecule has 1 saturated carbocycles. The predicted octanol–water partition coefficient (Wildman–Crippen LogP) is 2.12. The largest absolute Gasteiger partial charge is 0.497 e. The maximum atomic E-state index is 11.8. The van der Waals surface area contributed by atoms with Crippen molar-refractivity contribution in [1.82, 2.24) is 5.32 Å². The molecule has 0 radical (unpaired) electrons. The average molecular weight is 264 g/mol. The van der Waals surface area contributed by atoms with Crippen LogP contribution >= 0.6 is 0 Å². The Morgan fingerprint density at radius 3 is 2.58 bits per heavy atom. The maximum Gasteiger partial charge on any atom is 0.319 e. The van der Waals surface area contributed by atoms with Gasteiger partial charge in [0.05, 0.1) is 19.3 Å². The van der Waals surface area contributed by atoms with Gasteiger partial charge in [-0.2, -0.15) is 0 Å². The summed E-state index contributed by atoms with van der Waals surface area (Å²) in [5.41, 5.74) is 0.698. The molecule has 5 nitrogen and oxygen atoms in total. The van der Waals surface area contributed by atoms with E-state index in [-0.39, 0.29) is 12.1 Å². The number of nitrogens with one attached hydrogen (secondary N) is 2. The number of aliphatic hydroxyl groups is 1. The van der Waals surface area contributed by atoms with Crippen molar-refractivity contribution in [2.45, 2.75) is 37.8 Å². The lowest BCUT2D eigenvalue weighted by Crippen LogP contribution is -2.46. The topological polar surface area (TPSA) is 70.6 Å². The standard InChI is InChI=1S/C14H20N2O3/c1-19-11-8-6-10(7-9-11)15-14(18)16-12-4-2-3-5-13(12)17/h6-9,12-13,17H,2-5H2,1H3,(H2,15,16,18)/t12-,13-/m0/s1. The molecule has 2 atom stereocenters. The van der Waals surface area contributed by atoms with Crippen molar-refractivity contribution in [2.75, 3.05) is 12.4 Å². The minimum atomic E-state index is -0.435. The molecule has 0 aromatic heterocycles. The Labute approximate surface area is 113 Å². The van der Waals surface area contributed by atoms with Crippen LogP contribution in [0.25, 0.3) is 0 Å². The van der Waals surface area contributed by atoms with Crippen LogP contribution in [-0.4, -0.2) is 30.4 Å². The van der Waals surface area contributed by atoms with E-state index in [1.165, 1.54) is 0 Å². The predicted molar refractivity (Wildman–Crippen MR) is 73.4 cm³/mol. The normalized spacial score (nSPS) is 22.6. The maximum absolute atomic E-state index is 11.8. The number of ether oxygens (including phenoxy) is 1. The second-order valence-corrected chi connectivity index (χ2v) is 4.79. The molecular formula is C14H20N2O3. The highest BCUT2D eigenvalue weighted by atomic mass is 16.5. The Bertz CT molecular complexity index is 419. The number of methoxy groups -OCH3 is 1. The zero-order valence-corrected chi connectivity index (χ0v) is 11.1. The van der Waals surface area contributed by atoms with Crippen LogP contribution in [-0.2, 0) is 0 Å². The van der Waals surface area contributed by atoms with Crippen LogP contribution in [0.3, 0.4) is 0 Å². The van der Waals surface area contributed by atoms with Gasteiger partial charge < -0.3 is 20.5 Å². The number of amides is 2. The van der Waals surface area contributed by atoms with Gasteiger partial charge in [-0.25, -0.2) is 4.79 Å². The minimum Gasteiger partial charge on any atom is -0.497 e. The van der Waals surface area contributed by atoms with E-state index >= 15 is 0 Å². The molecule has 0 heterocycles. The number of hydrogen-bond acceptors (Lipinski definition) is 3. The van der Waals surface area contributed by atoms with E-state index in [4.69, 9.17) is 4.74 Å². The SMILES string of the molecule is COc1ccc(NC(=O)N[C@H]2CCCC[C@@H]2O)cc1. The van der Waals surface area contributed by atoms with Crippen molar-refractivity contribution in [3.63, 3.8) is 0 Å². The number of carbonyl (C=O) groups excluding carboxylic acids is 1. The summed E-state index contributed by atoms with van der Waals surface area (Å²) in [7, 11) is 1.60. The van der Waals surface area contributed by atoms with Crippen molar-refractivity contribution in [3.05, 3.63) is 24.3 Å². The van der Waals surface area contributed by atoms with Crippen LogP contribution in [0.2, 0.25) is 0 Å². The van der Waals surface area contributed by atoms with Crippen LogP contribution in [0.15, 0.2) is 24.3 Å². The number of anilines is 1. The number of urea groups is 1. The Hall–Kier alpha value is -1.75. The van der Waals surface area contributed by atoms with Gasteiger partial charge in [0.25, 0.3) is 0 Å². The van der Waals surface area contributed by atoms with Gasteiger partial charge in [-0.05, 0) is 37.1 Å². The summed E-state index contributed by atoms with van der Waals surface area (Å²) in [5, 5.41) is 15.4. The third-order valence-corrected chi connectivity index (χ3v) is 3.39. The smallest absolute Gasteiger partial charge is 0.319 e. The summed E-state index contributed by atoms with van der Waals surface area (Å²) in [4.78, 5) is 11.8. The molecule has 1 fully saturated rings. The number of aliphatic hydroxyl groups excluding tert-OH is 1. The quantitative estimate of drug-likeness (QED) is 0.783. The molecule has 19 heavy (non-hydrogen) atoms. The number of rotatable bonds is 3. The molecule has 2 rings (SSSR count). The third kappa shape index (κ3) is 3.86. The lowest BCUT2D eigenvalue weighted by molar-refractivity contribution is 0.0955. The highest BCUT2D eigenvalue weighted by Gasteiger charge is 2.24. The van der Waals surface area contributed by atoms with E-state index in [1.807, 2.05) is 0 Å². The van der Waals surface area contributed by atoms with Gasteiger partial charge in [-0.1, -0.05) is 12.8 Å². The number of benzene rings is 1. The van der Waals surface area contributed by atoms with Gasteiger partial charge in [-0.3, -0.25) is 0 Å². The van der Waals surface area contributed by atoms with E-state index in [1.54, 1.807) is 31.4 Å². The molecule has 3 N–H and O–H groups in total. The molecule has 1 aromatic carbocycles. The Balaban J connectivity index is 1.86. The van der Waals surface area contributed by atoms with Crippen molar-refractivity contribution < 1.29 is 14.6 Å². The highest BCUT2D eigenvalue weighted by Crippen LogP contribution is 2.19. The molecule has 5 heteroatoms. The first kappa shape index (κ1) is 13.7. The van der Waals surface area contributed by atoms with E-state index in [0.717, 1.165) is 31.4 Å². The zero-order valence-electron chi connectivity index (χ0n) is 11.1. The first-order valence-corrected chi connectivity index (χ1v) is 6.58. The van der Waals surface area contributed by atoms with E-state index in [9.17, 15) is 9.90 Å². The van der Waals surface area contributed by atoms with Crippen molar-refractivity contribution in [2.24, 2.45) is 0 Å². The molecule has 0 spiro atoms. The van der Waals surface area contributed by atoms with Crippen LogP contribution < -0.4 is 15.4 Å². The lowest BCUT2D eigenvalue weighted by atomic mass is 9.93. The van der Waals surface area contributed by atoms with E-state index in [2.05, 4.69) is 10.6 Å². The zero-order chi connectivity index (χ0) is 13.7. The molecule has 0 bridgehead atoms. The molecule has 0 aliphatic heterocycles. The van der Waals surface area contributed by atoms with Gasteiger partial charge in [-0.15, -0.1) is 0 Å². The van der Waals surface area contributed by atoms with Gasteiger partial charge in [0.1, 0.15) is 5.75 Å². The molecule has 104 valence electrons. The van der Waals surface area contributed by atoms with Gasteiger partial charge >= 0.3 is 6.03 Å². The first-order chi connectivity index (χ1) is 9.19. The van der Waals surface area contributed by atoms with Crippen LogP contribution in [0, 0.1) is 0 Å². The van der Waals surface area contributed by atoms with Gasteiger partial charge in [0.15, 0.2) is 0 Å². The van der Waals surface area contributed by atoms with E-state index in [0.29, 0.717) is 5.69 Å². The molecule has 1 aliphatic rings. The third-order valence-electron chi connectivity index (χ3n) is 3.39. The van der Waals surface area contributed by atoms with Crippen LogP contribution in [0.4, 0.5) is 10.5 Å². The molecule has 2 amide bonds. The Morgan fingerprint density at radius 1 is 1.26 bits per heavy atom. The Morgan fingerprint density at radius 2 is 1.95 bits per heavy atom. The summed E-state index contributed by atoms with van der Waals surface area (Å²) in [6, 6.07) is 6.68. The molecule has 1 aliphatic carbocycles. The lowest BCUT2D eigenvalue weighted by Gasteiger charge is -2.28. The fourth-order valence-corrected chi connectivity index (χ4v) is 2.29. The monoisotopic (exact) mass is 264 g/mol. The summed E-state index contributed by atoms with van der Waals surface area (Å²) in [6.45, 7) is 0. The second-order valence-electron chi connectivity index (χ2n) is 4.79. The van der Waals surface area contributed by atoms with Crippen LogP contribution in [0.5, 0.6) is 5.75 Å². The summed E-state index contributed by atoms with van der Waals surface area (Å²) in [6.07, 6.45) is 3.23. The van der Waals surface area contributed by atoms with Crippen molar-refractivity contribution >= 4 is 11.7 Å². The molecule has 0 unspecified atom stereocenters. The fraction of sp³-hybridized carbons (Fsp3) is 0.500. The second kappa shape index (κ2) is 6.43. The highest BCUT2D eigenvalue weighted by molar-refractivity contribution is 5.89. The van der Waals surface area contributed by atoms with Crippen molar-refractivity contribution in [1.29, 1.82) is 0 Å². The summed E-state index contributed by atoms with van der Waals surface area (Å²) < 4.78 is 5.05. The average Bonchev–Trinajstić information content (AvgIpc) is 2.42. The minimum absolute atomic E-state index is 0.146. The first-order valence-electron chi connectivity index (χ1n) is 6.58. The number of hydrogen-bond donors (Lipinski definition) is 3. The summed E-state index contributed by atoms with van der Waals surface area (Å²) >= 11 is 0. The summed E-state index contributed by atoms with van der Waals surface area (Å²) in [5.74, 6) is 0.744. The number of carbonyl (C=O) groups is 1. The van der Waals surface area contributed by atoms with E-state index < -0.39 is 6.10 Å². The van der Waals surface area contributed by atoms with Gasteiger partial charge in [0.2, 0.25) is 0 Å². The fourth-order valence-electron chi connectivity index (χ4n) is 2.29. The van der Waals surface area contributed by atoms with Crippen LogP contribution in [0.1, 0.15) is 25.7 Å². The molecular weight excluding hydrogens is 244 g/mol. The van der Waals surface area contributed by atoms with Gasteiger partial charge in [0, 0.05) is 5.69 Å². The molecule has 0 saturated heterocycles. The molecule has 1 aromatic rings. The Kier molecular flexibility index (Phi) is 4.63.